The molecule has 2 rings (SSSR count). The van der Waals surface area contributed by atoms with Crippen molar-refractivity contribution in [2.24, 2.45) is 0 Å². The number of hydrogen-bond donors (Lipinski definition) is 1. The number of nitrogens with zero attached hydrogens (tertiary/aromatic N) is 1. The number of hydrogen-bond acceptors (Lipinski definition) is 3. The molecule has 2 aromatic carbocycles. The lowest BCUT2D eigenvalue weighted by molar-refractivity contribution is -0.128. The molecule has 0 fully saturated rings. The van der Waals surface area contributed by atoms with Crippen LogP contribution in [0, 0.1) is 13.8 Å². The molecule has 0 saturated heterocycles. The first-order valence-electron chi connectivity index (χ1n) is 9.29. The quantitative estimate of drug-likeness (QED) is 0.689. The van der Waals surface area contributed by atoms with Crippen LogP contribution in [-0.2, 0) is 4.79 Å². The van der Waals surface area contributed by atoms with E-state index in [4.69, 9.17) is 4.74 Å². The second-order valence-corrected chi connectivity index (χ2v) is 6.69. The molecule has 4 nitrogen and oxygen atoms in total. The minimum Gasteiger partial charge on any atom is -0.480 e. The third kappa shape index (κ3) is 5.80. The zero-order valence-electron chi connectivity index (χ0n) is 16.3. The maximum atomic E-state index is 12.4. The first-order valence-corrected chi connectivity index (χ1v) is 9.29. The Morgan fingerprint density at radius 2 is 1.88 bits per heavy atom. The summed E-state index contributed by atoms with van der Waals surface area (Å²) in [5.74, 6) is 0.733. The number of nitrogens with one attached hydrogen (secondary N) is 1. The summed E-state index contributed by atoms with van der Waals surface area (Å²) in [7, 11) is 2.06. The SMILES string of the molecule is CC[C@@H](Oc1ccc(C)cc1C)C(=O)NCCCN(C)c1ccccc1. The van der Waals surface area contributed by atoms with Crippen molar-refractivity contribution in [3.05, 3.63) is 59.7 Å². The molecule has 1 N–H and O–H groups in total. The largest absolute Gasteiger partial charge is 0.480 e. The molecule has 4 heteroatoms. The fourth-order valence-corrected chi connectivity index (χ4v) is 2.86. The maximum Gasteiger partial charge on any atom is 0.261 e. The molecule has 0 spiro atoms. The van der Waals surface area contributed by atoms with E-state index in [1.54, 1.807) is 0 Å². The van der Waals surface area contributed by atoms with Gasteiger partial charge >= 0.3 is 0 Å². The number of ether oxygens (including phenoxy) is 1. The Hall–Kier alpha value is -2.49. The van der Waals surface area contributed by atoms with Gasteiger partial charge in [0.25, 0.3) is 5.91 Å². The van der Waals surface area contributed by atoms with Crippen molar-refractivity contribution in [2.75, 3.05) is 25.0 Å². The molecule has 0 bridgehead atoms. The topological polar surface area (TPSA) is 41.6 Å². The van der Waals surface area contributed by atoms with Gasteiger partial charge in [-0.1, -0.05) is 42.8 Å². The van der Waals surface area contributed by atoms with Gasteiger partial charge < -0.3 is 15.0 Å². The molecule has 2 aromatic rings. The summed E-state index contributed by atoms with van der Waals surface area (Å²) < 4.78 is 5.94. The molecule has 0 saturated carbocycles. The minimum atomic E-state index is -0.455. The fourth-order valence-electron chi connectivity index (χ4n) is 2.86. The van der Waals surface area contributed by atoms with Crippen LogP contribution in [0.15, 0.2) is 48.5 Å². The van der Waals surface area contributed by atoms with Gasteiger partial charge in [-0.2, -0.15) is 0 Å². The van der Waals surface area contributed by atoms with Gasteiger partial charge in [0.1, 0.15) is 5.75 Å². The van der Waals surface area contributed by atoms with Crippen LogP contribution in [0.25, 0.3) is 0 Å². The number of amides is 1. The van der Waals surface area contributed by atoms with E-state index in [2.05, 4.69) is 35.5 Å². The van der Waals surface area contributed by atoms with Gasteiger partial charge in [0.15, 0.2) is 6.10 Å². The van der Waals surface area contributed by atoms with Crippen molar-refractivity contribution < 1.29 is 9.53 Å². The van der Waals surface area contributed by atoms with Gasteiger partial charge in [0, 0.05) is 25.8 Å². The number of anilines is 1. The lowest BCUT2D eigenvalue weighted by atomic mass is 10.1. The van der Waals surface area contributed by atoms with E-state index in [1.165, 1.54) is 11.3 Å². The number of benzene rings is 2. The highest BCUT2D eigenvalue weighted by molar-refractivity contribution is 5.81. The van der Waals surface area contributed by atoms with E-state index in [0.717, 1.165) is 24.3 Å². The number of para-hydroxylation sites is 1. The smallest absolute Gasteiger partial charge is 0.261 e. The second kappa shape index (κ2) is 9.85. The van der Waals surface area contributed by atoms with Gasteiger partial charge in [-0.25, -0.2) is 0 Å². The van der Waals surface area contributed by atoms with E-state index >= 15 is 0 Å². The first kappa shape index (κ1) is 19.8. The molecular weight excluding hydrogens is 324 g/mol. The lowest BCUT2D eigenvalue weighted by Crippen LogP contribution is -2.39. The summed E-state index contributed by atoms with van der Waals surface area (Å²) in [5, 5.41) is 3.00. The fraction of sp³-hybridized carbons (Fsp3) is 0.409. The summed E-state index contributed by atoms with van der Waals surface area (Å²) in [6, 6.07) is 16.3. The molecule has 0 aromatic heterocycles. The Kier molecular flexibility index (Phi) is 7.52. The van der Waals surface area contributed by atoms with Crippen molar-refractivity contribution in [2.45, 2.75) is 39.7 Å². The normalized spacial score (nSPS) is 11.7. The standard InChI is InChI=1S/C22H30N2O2/c1-5-20(26-21-13-12-17(2)16-18(21)3)22(25)23-14-9-15-24(4)19-10-7-6-8-11-19/h6-8,10-13,16,20H,5,9,14-15H2,1-4H3,(H,23,25)/t20-/m1/s1. The summed E-state index contributed by atoms with van der Waals surface area (Å²) in [4.78, 5) is 14.6. The number of aryl methyl sites for hydroxylation is 2. The molecule has 0 radical (unpaired) electrons. The van der Waals surface area contributed by atoms with Crippen molar-refractivity contribution in [1.82, 2.24) is 5.32 Å². The highest BCUT2D eigenvalue weighted by atomic mass is 16.5. The molecular formula is C22H30N2O2. The molecule has 0 heterocycles. The maximum absolute atomic E-state index is 12.4. The third-order valence-corrected chi connectivity index (χ3v) is 4.43. The van der Waals surface area contributed by atoms with Gasteiger partial charge in [0.2, 0.25) is 0 Å². The Labute approximate surface area is 157 Å². The Morgan fingerprint density at radius 1 is 1.15 bits per heavy atom. The molecule has 140 valence electrons. The highest BCUT2D eigenvalue weighted by Crippen LogP contribution is 2.21. The average molecular weight is 354 g/mol. The predicted octanol–water partition coefficient (Wildman–Crippen LogP) is 4.10. The van der Waals surface area contributed by atoms with Gasteiger partial charge in [0.05, 0.1) is 0 Å². The Bertz CT molecular complexity index is 701. The highest BCUT2D eigenvalue weighted by Gasteiger charge is 2.18. The van der Waals surface area contributed by atoms with Crippen LogP contribution < -0.4 is 15.0 Å². The predicted molar refractivity (Wildman–Crippen MR) is 108 cm³/mol. The van der Waals surface area contributed by atoms with Crippen LogP contribution in [-0.4, -0.2) is 32.1 Å². The molecule has 0 aliphatic rings. The molecule has 0 aliphatic heterocycles. The lowest BCUT2D eigenvalue weighted by Gasteiger charge is -2.21. The second-order valence-electron chi connectivity index (χ2n) is 6.69. The van der Waals surface area contributed by atoms with Crippen molar-refractivity contribution >= 4 is 11.6 Å². The summed E-state index contributed by atoms with van der Waals surface area (Å²) >= 11 is 0. The van der Waals surface area contributed by atoms with Crippen LogP contribution in [0.5, 0.6) is 5.75 Å². The molecule has 1 amide bonds. The molecule has 0 aliphatic carbocycles. The zero-order chi connectivity index (χ0) is 18.9. The number of carbonyl (C=O) groups excluding carboxylic acids is 1. The average Bonchev–Trinajstić information content (AvgIpc) is 2.65. The monoisotopic (exact) mass is 354 g/mol. The van der Waals surface area contributed by atoms with E-state index in [9.17, 15) is 4.79 Å². The van der Waals surface area contributed by atoms with E-state index < -0.39 is 6.10 Å². The zero-order valence-corrected chi connectivity index (χ0v) is 16.3. The van der Waals surface area contributed by atoms with Crippen molar-refractivity contribution in [3.8, 4) is 5.75 Å². The molecule has 0 unspecified atom stereocenters. The van der Waals surface area contributed by atoms with Crippen LogP contribution in [0.3, 0.4) is 0 Å². The van der Waals surface area contributed by atoms with Crippen LogP contribution in [0.4, 0.5) is 5.69 Å². The van der Waals surface area contributed by atoms with Gasteiger partial charge in [-0.3, -0.25) is 4.79 Å². The number of carbonyl (C=O) groups is 1. The van der Waals surface area contributed by atoms with E-state index in [-0.39, 0.29) is 5.91 Å². The van der Waals surface area contributed by atoms with Crippen molar-refractivity contribution in [3.63, 3.8) is 0 Å². The van der Waals surface area contributed by atoms with E-state index in [0.29, 0.717) is 13.0 Å². The summed E-state index contributed by atoms with van der Waals surface area (Å²) in [6.07, 6.45) is 1.07. The Balaban J connectivity index is 1.78. The van der Waals surface area contributed by atoms with Crippen LogP contribution in [0.1, 0.15) is 30.9 Å². The minimum absolute atomic E-state index is 0.0464. The van der Waals surface area contributed by atoms with Crippen LogP contribution in [0.2, 0.25) is 0 Å². The van der Waals surface area contributed by atoms with Crippen molar-refractivity contribution in [1.29, 1.82) is 0 Å². The number of rotatable bonds is 9. The Morgan fingerprint density at radius 3 is 2.54 bits per heavy atom. The van der Waals surface area contributed by atoms with Gasteiger partial charge in [-0.15, -0.1) is 0 Å². The van der Waals surface area contributed by atoms with E-state index in [1.807, 2.05) is 51.1 Å². The summed E-state index contributed by atoms with van der Waals surface area (Å²) in [6.45, 7) is 7.55. The van der Waals surface area contributed by atoms with Crippen LogP contribution >= 0.6 is 0 Å². The molecule has 1 atom stereocenters. The van der Waals surface area contributed by atoms with Gasteiger partial charge in [-0.05, 0) is 50.5 Å². The third-order valence-electron chi connectivity index (χ3n) is 4.43. The molecule has 26 heavy (non-hydrogen) atoms. The summed E-state index contributed by atoms with van der Waals surface area (Å²) in [5.41, 5.74) is 3.43. The first-order chi connectivity index (χ1) is 12.5.